The normalized spacial score (nSPS) is 10.6. The van der Waals surface area contributed by atoms with Crippen molar-refractivity contribution in [2.75, 3.05) is 12.4 Å². The minimum absolute atomic E-state index is 1.20. The summed E-state index contributed by atoms with van der Waals surface area (Å²) in [6, 6.07) is 4.37. The molecule has 2 N–H and O–H groups in total. The Labute approximate surface area is 86.0 Å². The zero-order chi connectivity index (χ0) is 10.6. The Morgan fingerprint density at radius 1 is 1.00 bits per heavy atom. The van der Waals surface area contributed by atoms with E-state index in [1.54, 1.807) is 0 Å². The Morgan fingerprint density at radius 3 is 2.07 bits per heavy atom. The van der Waals surface area contributed by atoms with E-state index in [1.165, 1.54) is 22.4 Å². The lowest BCUT2D eigenvalue weighted by Crippen LogP contribution is -1.98. The third-order valence-electron chi connectivity index (χ3n) is 2.15. The van der Waals surface area contributed by atoms with Crippen molar-refractivity contribution in [3.8, 4) is 0 Å². The minimum atomic E-state index is 1.20. The summed E-state index contributed by atoms with van der Waals surface area (Å²) in [7, 11) is 1.88. The van der Waals surface area contributed by atoms with Crippen molar-refractivity contribution >= 4 is 5.69 Å². The summed E-state index contributed by atoms with van der Waals surface area (Å²) < 4.78 is 0. The molecule has 0 spiro atoms. The standard InChI is InChI=1S/C12H18N2/c1-9-7-10(2)12(11(3)8-9)14-6-5-13-4/h5-8,13-14H,1-4H3/b6-5-. The van der Waals surface area contributed by atoms with Crippen LogP contribution in [0.4, 0.5) is 5.69 Å². The van der Waals surface area contributed by atoms with Crippen molar-refractivity contribution in [2.45, 2.75) is 20.8 Å². The smallest absolute Gasteiger partial charge is 0.0439 e. The first kappa shape index (κ1) is 10.6. The zero-order valence-electron chi connectivity index (χ0n) is 9.31. The molecule has 2 heteroatoms. The van der Waals surface area contributed by atoms with E-state index in [9.17, 15) is 0 Å². The quantitative estimate of drug-likeness (QED) is 0.765. The van der Waals surface area contributed by atoms with Crippen LogP contribution in [-0.4, -0.2) is 7.05 Å². The van der Waals surface area contributed by atoms with Crippen LogP contribution in [0.25, 0.3) is 0 Å². The zero-order valence-corrected chi connectivity index (χ0v) is 9.31. The SMILES string of the molecule is CN/C=C\Nc1c(C)cc(C)cc1C. The Hall–Kier alpha value is -1.44. The van der Waals surface area contributed by atoms with Gasteiger partial charge in [-0.1, -0.05) is 17.7 Å². The minimum Gasteiger partial charge on any atom is -0.393 e. The van der Waals surface area contributed by atoms with Crippen molar-refractivity contribution in [1.82, 2.24) is 5.32 Å². The average molecular weight is 190 g/mol. The molecular formula is C12H18N2. The molecule has 0 aromatic heterocycles. The molecule has 1 aromatic carbocycles. The molecular weight excluding hydrogens is 172 g/mol. The predicted octanol–water partition coefficient (Wildman–Crippen LogP) is 2.71. The second-order valence-corrected chi connectivity index (χ2v) is 3.54. The molecule has 1 aromatic rings. The summed E-state index contributed by atoms with van der Waals surface area (Å²) in [6.45, 7) is 6.36. The third-order valence-corrected chi connectivity index (χ3v) is 2.15. The van der Waals surface area contributed by atoms with Crippen molar-refractivity contribution in [2.24, 2.45) is 0 Å². The molecule has 0 unspecified atom stereocenters. The van der Waals surface area contributed by atoms with Gasteiger partial charge in [-0.05, 0) is 31.9 Å². The lowest BCUT2D eigenvalue weighted by Gasteiger charge is -2.10. The number of aryl methyl sites for hydroxylation is 3. The van der Waals surface area contributed by atoms with E-state index in [2.05, 4.69) is 43.5 Å². The van der Waals surface area contributed by atoms with Crippen LogP contribution in [0.15, 0.2) is 24.5 Å². The lowest BCUT2D eigenvalue weighted by molar-refractivity contribution is 1.10. The van der Waals surface area contributed by atoms with Crippen molar-refractivity contribution in [3.63, 3.8) is 0 Å². The highest BCUT2D eigenvalue weighted by Gasteiger charge is 2.00. The molecule has 0 fully saturated rings. The van der Waals surface area contributed by atoms with E-state index < -0.39 is 0 Å². The maximum Gasteiger partial charge on any atom is 0.0439 e. The van der Waals surface area contributed by atoms with Crippen LogP contribution in [-0.2, 0) is 0 Å². The molecule has 14 heavy (non-hydrogen) atoms. The van der Waals surface area contributed by atoms with Crippen molar-refractivity contribution < 1.29 is 0 Å². The van der Waals surface area contributed by atoms with Gasteiger partial charge in [-0.3, -0.25) is 0 Å². The number of rotatable bonds is 3. The van der Waals surface area contributed by atoms with E-state index in [0.717, 1.165) is 0 Å². The van der Waals surface area contributed by atoms with Gasteiger partial charge in [0.15, 0.2) is 0 Å². The fourth-order valence-electron chi connectivity index (χ4n) is 1.62. The van der Waals surface area contributed by atoms with Gasteiger partial charge in [0.05, 0.1) is 0 Å². The first-order valence-corrected chi connectivity index (χ1v) is 4.82. The second-order valence-electron chi connectivity index (χ2n) is 3.54. The largest absolute Gasteiger partial charge is 0.393 e. The van der Waals surface area contributed by atoms with Gasteiger partial charge >= 0.3 is 0 Å². The van der Waals surface area contributed by atoms with E-state index >= 15 is 0 Å². The van der Waals surface area contributed by atoms with Crippen LogP contribution >= 0.6 is 0 Å². The fourth-order valence-corrected chi connectivity index (χ4v) is 1.62. The molecule has 76 valence electrons. The number of anilines is 1. The summed E-state index contributed by atoms with van der Waals surface area (Å²) in [5, 5.41) is 6.21. The Balaban J connectivity index is 2.91. The lowest BCUT2D eigenvalue weighted by atomic mass is 10.1. The van der Waals surface area contributed by atoms with Gasteiger partial charge in [0.2, 0.25) is 0 Å². The fraction of sp³-hybridized carbons (Fsp3) is 0.333. The molecule has 0 bridgehead atoms. The first-order chi connectivity index (χ1) is 6.65. The molecule has 1 rings (SSSR count). The molecule has 0 heterocycles. The first-order valence-electron chi connectivity index (χ1n) is 4.82. The highest BCUT2D eigenvalue weighted by atomic mass is 14.9. The van der Waals surface area contributed by atoms with Crippen LogP contribution < -0.4 is 10.6 Å². The monoisotopic (exact) mass is 190 g/mol. The summed E-state index contributed by atoms with van der Waals surface area (Å²) >= 11 is 0. The molecule has 0 radical (unpaired) electrons. The van der Waals surface area contributed by atoms with Gasteiger partial charge in [-0.15, -0.1) is 0 Å². The topological polar surface area (TPSA) is 24.1 Å². The van der Waals surface area contributed by atoms with Crippen LogP contribution in [0.3, 0.4) is 0 Å². The number of nitrogens with one attached hydrogen (secondary N) is 2. The van der Waals surface area contributed by atoms with E-state index in [0.29, 0.717) is 0 Å². The summed E-state index contributed by atoms with van der Waals surface area (Å²) in [6.07, 6.45) is 3.78. The van der Waals surface area contributed by atoms with Gasteiger partial charge in [0, 0.05) is 25.1 Å². The molecule has 2 nitrogen and oxygen atoms in total. The van der Waals surface area contributed by atoms with E-state index in [4.69, 9.17) is 0 Å². The summed E-state index contributed by atoms with van der Waals surface area (Å²) in [5.41, 5.74) is 5.07. The summed E-state index contributed by atoms with van der Waals surface area (Å²) in [5.74, 6) is 0. The highest BCUT2D eigenvalue weighted by molar-refractivity contribution is 5.59. The number of hydrogen-bond acceptors (Lipinski definition) is 2. The number of hydrogen-bond donors (Lipinski definition) is 2. The van der Waals surface area contributed by atoms with Crippen LogP contribution in [0.2, 0.25) is 0 Å². The maximum absolute atomic E-state index is 3.27. The number of benzene rings is 1. The maximum atomic E-state index is 3.27. The molecule has 0 saturated heterocycles. The molecule has 0 saturated carbocycles. The Kier molecular flexibility index (Phi) is 3.57. The Bertz CT molecular complexity index is 317. The third kappa shape index (κ3) is 2.52. The van der Waals surface area contributed by atoms with Crippen LogP contribution in [0.1, 0.15) is 16.7 Å². The van der Waals surface area contributed by atoms with Crippen LogP contribution in [0.5, 0.6) is 0 Å². The molecule has 0 aliphatic carbocycles. The van der Waals surface area contributed by atoms with E-state index in [1.807, 2.05) is 19.4 Å². The van der Waals surface area contributed by atoms with Crippen LogP contribution in [0, 0.1) is 20.8 Å². The molecule has 0 aliphatic rings. The van der Waals surface area contributed by atoms with Gasteiger partial charge < -0.3 is 10.6 Å². The highest BCUT2D eigenvalue weighted by Crippen LogP contribution is 2.21. The van der Waals surface area contributed by atoms with Crippen molar-refractivity contribution in [3.05, 3.63) is 41.2 Å². The molecule has 0 atom stereocenters. The average Bonchev–Trinajstić information content (AvgIpc) is 2.09. The molecule has 0 amide bonds. The predicted molar refractivity (Wildman–Crippen MR) is 62.5 cm³/mol. The van der Waals surface area contributed by atoms with Gasteiger partial charge in [0.25, 0.3) is 0 Å². The molecule has 0 aliphatic heterocycles. The van der Waals surface area contributed by atoms with Gasteiger partial charge in [0.1, 0.15) is 0 Å². The van der Waals surface area contributed by atoms with Crippen molar-refractivity contribution in [1.29, 1.82) is 0 Å². The van der Waals surface area contributed by atoms with Gasteiger partial charge in [-0.25, -0.2) is 0 Å². The van der Waals surface area contributed by atoms with E-state index in [-0.39, 0.29) is 0 Å². The van der Waals surface area contributed by atoms with Gasteiger partial charge in [-0.2, -0.15) is 0 Å². The Morgan fingerprint density at radius 2 is 1.57 bits per heavy atom. The second kappa shape index (κ2) is 4.70. The summed E-state index contributed by atoms with van der Waals surface area (Å²) in [4.78, 5) is 0.